The molecule has 104 valence electrons. The number of ether oxygens (including phenoxy) is 2. The number of hydrogen-bond acceptors (Lipinski definition) is 4. The van der Waals surface area contributed by atoms with Gasteiger partial charge in [-0.15, -0.1) is 5.10 Å². The molecule has 18 heavy (non-hydrogen) atoms. The van der Waals surface area contributed by atoms with Crippen LogP contribution >= 0.6 is 0 Å². The van der Waals surface area contributed by atoms with Gasteiger partial charge in [0.05, 0.1) is 25.1 Å². The number of hydrogen-bond donors (Lipinski definition) is 0. The van der Waals surface area contributed by atoms with Crippen molar-refractivity contribution in [3.63, 3.8) is 0 Å². The minimum atomic E-state index is 0.441. The third kappa shape index (κ3) is 6.71. The van der Waals surface area contributed by atoms with Gasteiger partial charge in [-0.25, -0.2) is 4.68 Å². The van der Waals surface area contributed by atoms with E-state index in [4.69, 9.17) is 9.47 Å². The Kier molecular flexibility index (Phi) is 6.90. The molecule has 0 saturated carbocycles. The number of aromatic nitrogens is 3. The largest absolute Gasteiger partial charge is 0.379 e. The van der Waals surface area contributed by atoms with Gasteiger partial charge in [-0.3, -0.25) is 0 Å². The Morgan fingerprint density at radius 2 is 1.83 bits per heavy atom. The topological polar surface area (TPSA) is 49.2 Å². The van der Waals surface area contributed by atoms with E-state index in [9.17, 15) is 0 Å². The third-order valence-electron chi connectivity index (χ3n) is 2.25. The van der Waals surface area contributed by atoms with E-state index in [-0.39, 0.29) is 0 Å². The third-order valence-corrected chi connectivity index (χ3v) is 2.25. The van der Waals surface area contributed by atoms with Crippen LogP contribution in [0.25, 0.3) is 0 Å². The van der Waals surface area contributed by atoms with E-state index in [1.807, 2.05) is 6.20 Å². The predicted octanol–water partition coefficient (Wildman–Crippen LogP) is 2.12. The van der Waals surface area contributed by atoms with Gasteiger partial charge in [0.2, 0.25) is 0 Å². The summed E-state index contributed by atoms with van der Waals surface area (Å²) in [5.41, 5.74) is 1.02. The maximum atomic E-state index is 5.46. The van der Waals surface area contributed by atoms with Crippen molar-refractivity contribution in [2.24, 2.45) is 11.8 Å². The van der Waals surface area contributed by atoms with Crippen LogP contribution in [0.1, 0.15) is 33.4 Å². The highest BCUT2D eigenvalue weighted by molar-refractivity contribution is 4.92. The van der Waals surface area contributed by atoms with Gasteiger partial charge in [0, 0.05) is 6.61 Å². The minimum Gasteiger partial charge on any atom is -0.379 e. The normalized spacial score (nSPS) is 11.7. The monoisotopic (exact) mass is 255 g/mol. The Morgan fingerprint density at radius 3 is 2.50 bits per heavy atom. The van der Waals surface area contributed by atoms with Crippen molar-refractivity contribution in [2.75, 3.05) is 19.8 Å². The van der Waals surface area contributed by atoms with Crippen LogP contribution in [0.5, 0.6) is 0 Å². The standard InChI is InChI=1S/C13H25N3O2/c1-11(2)7-13-8-16(15-14-13)10-18-6-5-17-9-12(3)4/h8,11-12H,5-7,9-10H2,1-4H3. The van der Waals surface area contributed by atoms with E-state index in [1.165, 1.54) is 0 Å². The molecular formula is C13H25N3O2. The summed E-state index contributed by atoms with van der Waals surface area (Å²) in [5.74, 6) is 1.17. The minimum absolute atomic E-state index is 0.441. The van der Waals surface area contributed by atoms with E-state index >= 15 is 0 Å². The molecule has 1 aromatic rings. The van der Waals surface area contributed by atoms with Gasteiger partial charge >= 0.3 is 0 Å². The average molecular weight is 255 g/mol. The molecule has 1 rings (SSSR count). The highest BCUT2D eigenvalue weighted by atomic mass is 16.5. The smallest absolute Gasteiger partial charge is 0.141 e. The lowest BCUT2D eigenvalue weighted by Crippen LogP contribution is -2.11. The molecule has 1 aromatic heterocycles. The summed E-state index contributed by atoms with van der Waals surface area (Å²) >= 11 is 0. The zero-order chi connectivity index (χ0) is 13.4. The highest BCUT2D eigenvalue weighted by Gasteiger charge is 2.03. The van der Waals surface area contributed by atoms with Gasteiger partial charge in [0.15, 0.2) is 0 Å². The first-order chi connectivity index (χ1) is 8.58. The zero-order valence-electron chi connectivity index (χ0n) is 11.9. The van der Waals surface area contributed by atoms with Crippen LogP contribution in [0.2, 0.25) is 0 Å². The van der Waals surface area contributed by atoms with Crippen molar-refractivity contribution in [1.82, 2.24) is 15.0 Å². The molecule has 0 bridgehead atoms. The van der Waals surface area contributed by atoms with Crippen molar-refractivity contribution in [3.8, 4) is 0 Å². The second-order valence-electron chi connectivity index (χ2n) is 5.35. The quantitative estimate of drug-likeness (QED) is 0.634. The van der Waals surface area contributed by atoms with Gasteiger partial charge in [-0.1, -0.05) is 32.9 Å². The van der Waals surface area contributed by atoms with E-state index in [2.05, 4.69) is 38.0 Å². The summed E-state index contributed by atoms with van der Waals surface area (Å²) in [5, 5.41) is 8.11. The Hall–Kier alpha value is -0.940. The van der Waals surface area contributed by atoms with Crippen molar-refractivity contribution in [3.05, 3.63) is 11.9 Å². The van der Waals surface area contributed by atoms with Gasteiger partial charge < -0.3 is 9.47 Å². The molecule has 0 aliphatic rings. The lowest BCUT2D eigenvalue weighted by atomic mass is 10.1. The fourth-order valence-electron chi connectivity index (χ4n) is 1.51. The van der Waals surface area contributed by atoms with Crippen LogP contribution in [0.3, 0.4) is 0 Å². The first-order valence-electron chi connectivity index (χ1n) is 6.62. The Bertz CT molecular complexity index is 324. The molecule has 0 atom stereocenters. The average Bonchev–Trinajstić information content (AvgIpc) is 2.69. The SMILES string of the molecule is CC(C)COCCOCn1cc(CC(C)C)nn1. The molecule has 0 aliphatic heterocycles. The lowest BCUT2D eigenvalue weighted by molar-refractivity contribution is 0.00774. The molecular weight excluding hydrogens is 230 g/mol. The van der Waals surface area contributed by atoms with E-state index < -0.39 is 0 Å². The maximum Gasteiger partial charge on any atom is 0.141 e. The number of rotatable bonds is 9. The summed E-state index contributed by atoms with van der Waals surface area (Å²) in [4.78, 5) is 0. The summed E-state index contributed by atoms with van der Waals surface area (Å²) < 4.78 is 12.6. The van der Waals surface area contributed by atoms with E-state index in [0.29, 0.717) is 31.8 Å². The van der Waals surface area contributed by atoms with Crippen LogP contribution < -0.4 is 0 Å². The molecule has 0 spiro atoms. The Morgan fingerprint density at radius 1 is 1.11 bits per heavy atom. The number of nitrogens with zero attached hydrogens (tertiary/aromatic N) is 3. The van der Waals surface area contributed by atoms with Crippen LogP contribution in [0.4, 0.5) is 0 Å². The van der Waals surface area contributed by atoms with Gasteiger partial charge in [-0.05, 0) is 18.3 Å². The molecule has 0 fully saturated rings. The predicted molar refractivity (Wildman–Crippen MR) is 70.2 cm³/mol. The Labute approximate surface area is 109 Å². The first kappa shape index (κ1) is 15.1. The second kappa shape index (κ2) is 8.21. The molecule has 0 aromatic carbocycles. The van der Waals surface area contributed by atoms with Crippen LogP contribution in [0, 0.1) is 11.8 Å². The van der Waals surface area contributed by atoms with Gasteiger partial charge in [0.25, 0.3) is 0 Å². The molecule has 0 radical (unpaired) electrons. The van der Waals surface area contributed by atoms with Crippen molar-refractivity contribution < 1.29 is 9.47 Å². The fourth-order valence-corrected chi connectivity index (χ4v) is 1.51. The molecule has 5 heteroatoms. The van der Waals surface area contributed by atoms with E-state index in [0.717, 1.165) is 18.7 Å². The summed E-state index contributed by atoms with van der Waals surface area (Å²) in [6.45, 7) is 11.0. The van der Waals surface area contributed by atoms with Crippen molar-refractivity contribution in [2.45, 2.75) is 40.8 Å². The summed E-state index contributed by atoms with van der Waals surface area (Å²) in [6, 6.07) is 0. The summed E-state index contributed by atoms with van der Waals surface area (Å²) in [6.07, 6.45) is 2.90. The zero-order valence-corrected chi connectivity index (χ0v) is 11.9. The van der Waals surface area contributed by atoms with E-state index in [1.54, 1.807) is 4.68 Å². The van der Waals surface area contributed by atoms with Crippen LogP contribution in [-0.4, -0.2) is 34.8 Å². The molecule has 0 unspecified atom stereocenters. The molecule has 1 heterocycles. The van der Waals surface area contributed by atoms with Gasteiger partial charge in [0.1, 0.15) is 6.73 Å². The molecule has 5 nitrogen and oxygen atoms in total. The van der Waals surface area contributed by atoms with Crippen molar-refractivity contribution in [1.29, 1.82) is 0 Å². The lowest BCUT2D eigenvalue weighted by Gasteiger charge is -2.07. The second-order valence-corrected chi connectivity index (χ2v) is 5.35. The first-order valence-corrected chi connectivity index (χ1v) is 6.62. The maximum absolute atomic E-state index is 5.46. The highest BCUT2D eigenvalue weighted by Crippen LogP contribution is 2.03. The molecule has 0 saturated heterocycles. The van der Waals surface area contributed by atoms with Crippen molar-refractivity contribution >= 4 is 0 Å². The molecule has 0 aliphatic carbocycles. The van der Waals surface area contributed by atoms with Crippen LogP contribution in [0.15, 0.2) is 6.20 Å². The Balaban J connectivity index is 2.10. The van der Waals surface area contributed by atoms with Gasteiger partial charge in [-0.2, -0.15) is 0 Å². The molecule has 0 amide bonds. The molecule has 0 N–H and O–H groups in total. The van der Waals surface area contributed by atoms with Crippen LogP contribution in [-0.2, 0) is 22.6 Å². The summed E-state index contributed by atoms with van der Waals surface area (Å²) in [7, 11) is 0. The fraction of sp³-hybridized carbons (Fsp3) is 0.846.